The molecule has 0 saturated heterocycles. The van der Waals surface area contributed by atoms with Crippen LogP contribution in [0.2, 0.25) is 0 Å². The first-order chi connectivity index (χ1) is 5.25. The average Bonchev–Trinajstić information content (AvgIpc) is 1.97. The summed E-state index contributed by atoms with van der Waals surface area (Å²) in [5.74, 6) is 0. The minimum atomic E-state index is 0.932. The van der Waals surface area contributed by atoms with Gasteiger partial charge in [0, 0.05) is 10.1 Å². The molecule has 0 saturated carbocycles. The largest absolute Gasteiger partial charge is 0.398 e. The minimum Gasteiger partial charge on any atom is -0.398 e. The molecule has 0 heterocycles. The van der Waals surface area contributed by atoms with Crippen molar-refractivity contribution in [3.05, 3.63) is 29.3 Å². The molecule has 0 atom stereocenters. The molecule has 0 aliphatic carbocycles. The minimum absolute atomic E-state index is 0.932. The van der Waals surface area contributed by atoms with Crippen LogP contribution in [0.15, 0.2) is 18.2 Å². The summed E-state index contributed by atoms with van der Waals surface area (Å²) in [5.41, 5.74) is 9.35. The molecule has 0 aromatic heterocycles. The number of rotatable bonds is 2. The summed E-state index contributed by atoms with van der Waals surface area (Å²) in [7, 11) is 0. The predicted molar refractivity (Wildman–Crippen MR) is 58.2 cm³/mol. The van der Waals surface area contributed by atoms with Gasteiger partial charge >= 0.3 is 0 Å². The fourth-order valence-electron chi connectivity index (χ4n) is 1.16. The van der Waals surface area contributed by atoms with E-state index in [2.05, 4.69) is 35.6 Å². The highest BCUT2D eigenvalue weighted by Crippen LogP contribution is 2.17. The molecular formula is C9H12IN. The zero-order chi connectivity index (χ0) is 8.27. The van der Waals surface area contributed by atoms with Crippen LogP contribution >= 0.6 is 22.6 Å². The van der Waals surface area contributed by atoms with Gasteiger partial charge in [-0.3, -0.25) is 0 Å². The van der Waals surface area contributed by atoms with Gasteiger partial charge in [0.05, 0.1) is 0 Å². The van der Waals surface area contributed by atoms with Gasteiger partial charge in [0.25, 0.3) is 0 Å². The summed E-state index contributed by atoms with van der Waals surface area (Å²) in [4.78, 5) is 0. The van der Waals surface area contributed by atoms with Crippen LogP contribution in [0.25, 0.3) is 0 Å². The second-order valence-corrected chi connectivity index (χ2v) is 3.66. The molecule has 1 aromatic carbocycles. The molecule has 60 valence electrons. The maximum absolute atomic E-state index is 5.80. The third-order valence-corrected chi connectivity index (χ3v) is 2.33. The molecule has 0 fully saturated rings. The van der Waals surface area contributed by atoms with Crippen molar-refractivity contribution < 1.29 is 0 Å². The van der Waals surface area contributed by atoms with E-state index < -0.39 is 0 Å². The lowest BCUT2D eigenvalue weighted by Crippen LogP contribution is -1.97. The van der Waals surface area contributed by atoms with Gasteiger partial charge in [-0.25, -0.2) is 0 Å². The Hall–Kier alpha value is -0.250. The Labute approximate surface area is 81.1 Å². The van der Waals surface area contributed by atoms with E-state index in [1.165, 1.54) is 11.1 Å². The van der Waals surface area contributed by atoms with Crippen LogP contribution in [-0.4, -0.2) is 4.43 Å². The maximum atomic E-state index is 5.80. The molecule has 0 amide bonds. The van der Waals surface area contributed by atoms with Crippen molar-refractivity contribution in [2.45, 2.75) is 13.3 Å². The van der Waals surface area contributed by atoms with Crippen LogP contribution in [0.1, 0.15) is 11.1 Å². The first-order valence-electron chi connectivity index (χ1n) is 3.65. The van der Waals surface area contributed by atoms with Crippen LogP contribution < -0.4 is 5.73 Å². The highest BCUT2D eigenvalue weighted by Gasteiger charge is 1.99. The normalized spacial score (nSPS) is 10.0. The van der Waals surface area contributed by atoms with Crippen molar-refractivity contribution in [1.29, 1.82) is 0 Å². The van der Waals surface area contributed by atoms with Gasteiger partial charge in [-0.2, -0.15) is 0 Å². The number of alkyl halides is 1. The fourth-order valence-corrected chi connectivity index (χ4v) is 1.70. The number of nitrogens with two attached hydrogens (primary N) is 1. The van der Waals surface area contributed by atoms with Gasteiger partial charge in [-0.05, 0) is 30.5 Å². The van der Waals surface area contributed by atoms with Crippen LogP contribution in [0.5, 0.6) is 0 Å². The molecule has 2 heteroatoms. The molecule has 0 unspecified atom stereocenters. The Bertz CT molecular complexity index is 225. The molecule has 2 N–H and O–H groups in total. The number of aryl methyl sites for hydroxylation is 1. The van der Waals surface area contributed by atoms with Crippen molar-refractivity contribution >= 4 is 28.3 Å². The number of hydrogen-bond acceptors (Lipinski definition) is 1. The fraction of sp³-hybridized carbons (Fsp3) is 0.333. The van der Waals surface area contributed by atoms with Crippen molar-refractivity contribution in [2.75, 3.05) is 10.2 Å². The number of nitrogen functional groups attached to an aromatic ring is 1. The first kappa shape index (κ1) is 8.84. The van der Waals surface area contributed by atoms with Crippen molar-refractivity contribution in [3.8, 4) is 0 Å². The SMILES string of the molecule is Cc1cccc(N)c1CCI. The lowest BCUT2D eigenvalue weighted by Gasteiger charge is -2.06. The highest BCUT2D eigenvalue weighted by molar-refractivity contribution is 14.1. The second-order valence-electron chi connectivity index (χ2n) is 2.58. The van der Waals surface area contributed by atoms with Crippen molar-refractivity contribution in [3.63, 3.8) is 0 Å². The molecule has 1 aromatic rings. The lowest BCUT2D eigenvalue weighted by atomic mass is 10.1. The maximum Gasteiger partial charge on any atom is 0.0349 e. The van der Waals surface area contributed by atoms with Crippen molar-refractivity contribution in [2.24, 2.45) is 0 Å². The van der Waals surface area contributed by atoms with Crippen LogP contribution in [0, 0.1) is 6.92 Å². The third-order valence-electron chi connectivity index (χ3n) is 1.79. The number of anilines is 1. The average molecular weight is 261 g/mol. The Morgan fingerprint density at radius 1 is 1.45 bits per heavy atom. The van der Waals surface area contributed by atoms with Crippen LogP contribution in [0.3, 0.4) is 0 Å². The monoisotopic (exact) mass is 261 g/mol. The first-order valence-corrected chi connectivity index (χ1v) is 5.18. The smallest absolute Gasteiger partial charge is 0.0349 e. The summed E-state index contributed by atoms with van der Waals surface area (Å²) in [6.07, 6.45) is 1.08. The number of hydrogen-bond donors (Lipinski definition) is 1. The molecule has 0 spiro atoms. The molecule has 1 nitrogen and oxygen atoms in total. The molecule has 11 heavy (non-hydrogen) atoms. The van der Waals surface area contributed by atoms with E-state index in [1.54, 1.807) is 0 Å². The molecular weight excluding hydrogens is 249 g/mol. The summed E-state index contributed by atoms with van der Waals surface area (Å²) in [5, 5.41) is 0. The Kier molecular flexibility index (Phi) is 3.17. The van der Waals surface area contributed by atoms with E-state index in [9.17, 15) is 0 Å². The molecule has 0 bridgehead atoms. The molecule has 0 radical (unpaired) electrons. The van der Waals surface area contributed by atoms with Crippen molar-refractivity contribution in [1.82, 2.24) is 0 Å². The molecule has 0 aliphatic heterocycles. The van der Waals surface area contributed by atoms with Gasteiger partial charge in [0.2, 0.25) is 0 Å². The lowest BCUT2D eigenvalue weighted by molar-refractivity contribution is 1.15. The Balaban J connectivity index is 3.00. The second kappa shape index (κ2) is 3.95. The van der Waals surface area contributed by atoms with Gasteiger partial charge in [-0.15, -0.1) is 0 Å². The zero-order valence-corrected chi connectivity index (χ0v) is 8.76. The Morgan fingerprint density at radius 2 is 2.18 bits per heavy atom. The summed E-state index contributed by atoms with van der Waals surface area (Å²) < 4.78 is 1.13. The number of benzene rings is 1. The Morgan fingerprint density at radius 3 is 2.73 bits per heavy atom. The molecule has 1 rings (SSSR count). The zero-order valence-electron chi connectivity index (χ0n) is 6.60. The predicted octanol–water partition coefficient (Wildman–Crippen LogP) is 2.55. The van der Waals surface area contributed by atoms with E-state index >= 15 is 0 Å². The third kappa shape index (κ3) is 2.09. The summed E-state index contributed by atoms with van der Waals surface area (Å²) in [6.45, 7) is 2.11. The standard InChI is InChI=1S/C9H12IN/c1-7-3-2-4-9(11)8(7)5-6-10/h2-4H,5-6,11H2,1H3. The number of halogens is 1. The van der Waals surface area contributed by atoms with Gasteiger partial charge in [-0.1, -0.05) is 34.7 Å². The van der Waals surface area contributed by atoms with E-state index in [0.29, 0.717) is 0 Å². The van der Waals surface area contributed by atoms with Gasteiger partial charge in [0.15, 0.2) is 0 Å². The topological polar surface area (TPSA) is 26.0 Å². The summed E-state index contributed by atoms with van der Waals surface area (Å²) >= 11 is 2.37. The van der Waals surface area contributed by atoms with Crippen LogP contribution in [0.4, 0.5) is 5.69 Å². The highest BCUT2D eigenvalue weighted by atomic mass is 127. The van der Waals surface area contributed by atoms with Crippen LogP contribution in [-0.2, 0) is 6.42 Å². The van der Waals surface area contributed by atoms with E-state index in [-0.39, 0.29) is 0 Å². The van der Waals surface area contributed by atoms with Gasteiger partial charge in [0.1, 0.15) is 0 Å². The van der Waals surface area contributed by atoms with Gasteiger partial charge < -0.3 is 5.73 Å². The molecule has 0 aliphatic rings. The quantitative estimate of drug-likeness (QED) is 0.494. The van der Waals surface area contributed by atoms with E-state index in [1.807, 2.05) is 12.1 Å². The summed E-state index contributed by atoms with van der Waals surface area (Å²) in [6, 6.07) is 6.08. The van der Waals surface area contributed by atoms with E-state index in [4.69, 9.17) is 5.73 Å². The van der Waals surface area contributed by atoms with E-state index in [0.717, 1.165) is 16.5 Å².